The summed E-state index contributed by atoms with van der Waals surface area (Å²) in [6.07, 6.45) is -1.63. The van der Waals surface area contributed by atoms with Crippen molar-refractivity contribution in [2.24, 2.45) is 5.92 Å². The SMILES string of the molecule is COC[C@@H](C)Nc1nc(C)c(-c2nc3c(C)nc(C)cc3s2)c(N[C@@H]2C[C@H](CO)[C@@H](O)[C@H]2O)n1. The fourth-order valence-corrected chi connectivity index (χ4v) is 5.68. The lowest BCUT2D eigenvalue weighted by Gasteiger charge is -2.22. The first-order chi connectivity index (χ1) is 16.2. The molecule has 5 N–H and O–H groups in total. The first-order valence-electron chi connectivity index (χ1n) is 11.3. The highest BCUT2D eigenvalue weighted by Gasteiger charge is 2.41. The van der Waals surface area contributed by atoms with E-state index in [-0.39, 0.29) is 12.6 Å². The third-order valence-corrected chi connectivity index (χ3v) is 7.15. The van der Waals surface area contributed by atoms with E-state index in [2.05, 4.69) is 20.6 Å². The molecule has 11 heteroatoms. The van der Waals surface area contributed by atoms with Gasteiger partial charge in [-0.2, -0.15) is 4.98 Å². The Morgan fingerprint density at radius 3 is 2.56 bits per heavy atom. The van der Waals surface area contributed by atoms with Gasteiger partial charge in [0.05, 0.1) is 40.4 Å². The highest BCUT2D eigenvalue weighted by Crippen LogP contribution is 2.38. The van der Waals surface area contributed by atoms with E-state index in [1.54, 1.807) is 7.11 Å². The molecule has 10 nitrogen and oxygen atoms in total. The van der Waals surface area contributed by atoms with Crippen LogP contribution in [0.2, 0.25) is 0 Å². The second-order valence-electron chi connectivity index (χ2n) is 8.98. The minimum atomic E-state index is -1.03. The zero-order valence-electron chi connectivity index (χ0n) is 20.0. The van der Waals surface area contributed by atoms with Gasteiger partial charge >= 0.3 is 0 Å². The molecule has 0 radical (unpaired) electrons. The van der Waals surface area contributed by atoms with E-state index >= 15 is 0 Å². The van der Waals surface area contributed by atoms with Crippen LogP contribution in [0.25, 0.3) is 20.8 Å². The number of pyridine rings is 1. The van der Waals surface area contributed by atoms with Gasteiger partial charge in [-0.15, -0.1) is 11.3 Å². The number of rotatable bonds is 8. The van der Waals surface area contributed by atoms with E-state index in [0.717, 1.165) is 37.9 Å². The molecule has 34 heavy (non-hydrogen) atoms. The minimum Gasteiger partial charge on any atom is -0.396 e. The first kappa shape index (κ1) is 24.7. The van der Waals surface area contributed by atoms with Crippen molar-refractivity contribution in [3.05, 3.63) is 23.1 Å². The predicted octanol–water partition coefficient (Wildman–Crippen LogP) is 2.03. The Balaban J connectivity index is 1.78. The van der Waals surface area contributed by atoms with Crippen LogP contribution in [0.4, 0.5) is 11.8 Å². The summed E-state index contributed by atoms with van der Waals surface area (Å²) in [6, 6.07) is 1.52. The van der Waals surface area contributed by atoms with Crippen LogP contribution in [-0.2, 0) is 4.74 Å². The summed E-state index contributed by atoms with van der Waals surface area (Å²) in [6.45, 7) is 8.06. The van der Waals surface area contributed by atoms with Crippen LogP contribution in [-0.4, -0.2) is 79.9 Å². The number of aryl methyl sites for hydroxylation is 3. The van der Waals surface area contributed by atoms with Crippen LogP contribution in [0.5, 0.6) is 0 Å². The van der Waals surface area contributed by atoms with Crippen molar-refractivity contribution in [2.45, 2.75) is 58.4 Å². The smallest absolute Gasteiger partial charge is 0.225 e. The van der Waals surface area contributed by atoms with Crippen LogP contribution in [0.3, 0.4) is 0 Å². The Labute approximate surface area is 202 Å². The maximum atomic E-state index is 10.6. The summed E-state index contributed by atoms with van der Waals surface area (Å²) in [4.78, 5) is 18.8. The lowest BCUT2D eigenvalue weighted by molar-refractivity contribution is 0.00446. The van der Waals surface area contributed by atoms with Crippen molar-refractivity contribution >= 4 is 33.3 Å². The molecule has 0 aromatic carbocycles. The van der Waals surface area contributed by atoms with E-state index < -0.39 is 24.2 Å². The Morgan fingerprint density at radius 1 is 1.12 bits per heavy atom. The number of thiazole rings is 1. The number of aliphatic hydroxyl groups is 3. The Morgan fingerprint density at radius 2 is 1.88 bits per heavy atom. The fraction of sp³-hybridized carbons (Fsp3) is 0.565. The van der Waals surface area contributed by atoms with Gasteiger partial charge in [-0.1, -0.05) is 0 Å². The van der Waals surface area contributed by atoms with Gasteiger partial charge in [0, 0.05) is 31.4 Å². The molecule has 0 saturated heterocycles. The average molecular weight is 489 g/mol. The van der Waals surface area contributed by atoms with Crippen molar-refractivity contribution in [1.82, 2.24) is 19.9 Å². The van der Waals surface area contributed by atoms with E-state index in [1.807, 2.05) is 33.8 Å². The summed E-state index contributed by atoms with van der Waals surface area (Å²) in [5.74, 6) is 0.531. The van der Waals surface area contributed by atoms with Gasteiger partial charge in [-0.3, -0.25) is 4.98 Å². The lowest BCUT2D eigenvalue weighted by Crippen LogP contribution is -2.36. The number of hydrogen-bond acceptors (Lipinski definition) is 11. The van der Waals surface area contributed by atoms with E-state index in [9.17, 15) is 15.3 Å². The summed E-state index contributed by atoms with van der Waals surface area (Å²) in [7, 11) is 1.64. The van der Waals surface area contributed by atoms with Crippen LogP contribution >= 0.6 is 11.3 Å². The molecular weight excluding hydrogens is 456 g/mol. The summed E-state index contributed by atoms with van der Waals surface area (Å²) in [5.41, 5.74) is 4.08. The molecule has 0 amide bonds. The number of ether oxygens (including phenoxy) is 1. The summed E-state index contributed by atoms with van der Waals surface area (Å²) in [5, 5.41) is 37.8. The summed E-state index contributed by atoms with van der Waals surface area (Å²) < 4.78 is 6.23. The number of methoxy groups -OCH3 is 1. The van der Waals surface area contributed by atoms with Crippen molar-refractivity contribution in [1.29, 1.82) is 0 Å². The highest BCUT2D eigenvalue weighted by molar-refractivity contribution is 7.21. The van der Waals surface area contributed by atoms with Gasteiger partial charge in [0.25, 0.3) is 0 Å². The second-order valence-corrected chi connectivity index (χ2v) is 10.0. The quantitative estimate of drug-likeness (QED) is 0.319. The third kappa shape index (κ3) is 4.84. The average Bonchev–Trinajstić information content (AvgIpc) is 3.30. The minimum absolute atomic E-state index is 0.0140. The molecule has 0 aliphatic heterocycles. The molecule has 1 aliphatic rings. The van der Waals surface area contributed by atoms with E-state index in [1.165, 1.54) is 11.3 Å². The Bertz CT molecular complexity index is 1170. The van der Waals surface area contributed by atoms with Crippen molar-refractivity contribution in [2.75, 3.05) is 31.0 Å². The van der Waals surface area contributed by atoms with Crippen LogP contribution in [0, 0.1) is 26.7 Å². The molecule has 1 fully saturated rings. The third-order valence-electron chi connectivity index (χ3n) is 6.13. The molecule has 184 valence electrons. The number of aliphatic hydroxyl groups excluding tert-OH is 3. The molecule has 1 saturated carbocycles. The fourth-order valence-electron chi connectivity index (χ4n) is 4.47. The molecule has 3 aromatic heterocycles. The van der Waals surface area contributed by atoms with Gasteiger partial charge in [0.1, 0.15) is 22.4 Å². The molecule has 0 unspecified atom stereocenters. The maximum Gasteiger partial charge on any atom is 0.225 e. The normalized spacial score (nSPS) is 23.4. The first-order valence-corrected chi connectivity index (χ1v) is 12.2. The largest absolute Gasteiger partial charge is 0.396 e. The molecule has 0 bridgehead atoms. The molecule has 1 aliphatic carbocycles. The van der Waals surface area contributed by atoms with Crippen LogP contribution < -0.4 is 10.6 Å². The summed E-state index contributed by atoms with van der Waals surface area (Å²) >= 11 is 1.54. The van der Waals surface area contributed by atoms with E-state index in [0.29, 0.717) is 24.8 Å². The number of nitrogens with zero attached hydrogens (tertiary/aromatic N) is 4. The monoisotopic (exact) mass is 488 g/mol. The van der Waals surface area contributed by atoms with E-state index in [4.69, 9.17) is 14.7 Å². The zero-order chi connectivity index (χ0) is 24.6. The molecular formula is C23H32N6O4S. The topological polar surface area (TPSA) is 146 Å². The lowest BCUT2D eigenvalue weighted by atomic mass is 10.1. The van der Waals surface area contributed by atoms with Gasteiger partial charge in [0.2, 0.25) is 5.95 Å². The van der Waals surface area contributed by atoms with Gasteiger partial charge in [0.15, 0.2) is 0 Å². The predicted molar refractivity (Wildman–Crippen MR) is 132 cm³/mol. The van der Waals surface area contributed by atoms with Crippen molar-refractivity contribution in [3.63, 3.8) is 0 Å². The molecule has 0 spiro atoms. The zero-order valence-corrected chi connectivity index (χ0v) is 20.8. The Hall–Kier alpha value is -2.44. The van der Waals surface area contributed by atoms with Gasteiger partial charge in [-0.25, -0.2) is 9.97 Å². The molecule has 3 heterocycles. The van der Waals surface area contributed by atoms with Crippen molar-refractivity contribution < 1.29 is 20.1 Å². The Kier molecular flexibility index (Phi) is 7.29. The van der Waals surface area contributed by atoms with Crippen LogP contribution in [0.15, 0.2) is 6.07 Å². The molecule has 4 rings (SSSR count). The van der Waals surface area contributed by atoms with Crippen molar-refractivity contribution in [3.8, 4) is 10.6 Å². The number of nitrogens with one attached hydrogen (secondary N) is 2. The molecule has 5 atom stereocenters. The number of fused-ring (bicyclic) bond motifs is 1. The highest BCUT2D eigenvalue weighted by atomic mass is 32.1. The second kappa shape index (κ2) is 10.0. The van der Waals surface area contributed by atoms with Crippen LogP contribution in [0.1, 0.15) is 30.4 Å². The standard InChI is InChI=1S/C23H32N6O4S/c1-10-6-16-18(13(4)24-10)28-22(34-16)17-12(3)26-23(25-11(2)9-33-5)29-21(17)27-15-7-14(8-30)19(31)20(15)32/h6,11,14-15,19-20,30-32H,7-9H2,1-5H3,(H2,25,26,27,29)/t11-,14-,15-,19-,20+/m1/s1. The maximum absolute atomic E-state index is 10.6. The number of hydrogen-bond donors (Lipinski definition) is 5. The molecule has 3 aromatic rings. The number of anilines is 2. The van der Waals surface area contributed by atoms with Gasteiger partial charge in [-0.05, 0) is 40.2 Å². The van der Waals surface area contributed by atoms with Gasteiger partial charge < -0.3 is 30.7 Å². The number of aromatic nitrogens is 4.